The summed E-state index contributed by atoms with van der Waals surface area (Å²) in [6.07, 6.45) is 0. The summed E-state index contributed by atoms with van der Waals surface area (Å²) in [6, 6.07) is 5.66. The molecule has 0 saturated carbocycles. The molecule has 0 amide bonds. The van der Waals surface area contributed by atoms with Crippen LogP contribution in [0.5, 0.6) is 0 Å². The van der Waals surface area contributed by atoms with Crippen molar-refractivity contribution in [3.63, 3.8) is 0 Å². The monoisotopic (exact) mass is 248 g/mol. The third kappa shape index (κ3) is 1.97. The third-order valence-electron chi connectivity index (χ3n) is 2.39. The van der Waals surface area contributed by atoms with Crippen molar-refractivity contribution in [3.05, 3.63) is 45.9 Å². The fraction of sp³-hybridized carbons (Fsp3) is 0.0909. The molecule has 0 bridgehead atoms. The normalized spacial score (nSPS) is 10.3. The molecule has 0 aliphatic rings. The summed E-state index contributed by atoms with van der Waals surface area (Å²) in [5.74, 6) is -0.727. The molecule has 0 aliphatic carbocycles. The first-order chi connectivity index (χ1) is 8.50. The van der Waals surface area contributed by atoms with Gasteiger partial charge < -0.3 is 5.73 Å². The maximum Gasteiger partial charge on any atom is 0.316 e. The summed E-state index contributed by atoms with van der Waals surface area (Å²) < 4.78 is 13.7. The van der Waals surface area contributed by atoms with Gasteiger partial charge in [0.2, 0.25) is 5.95 Å². The lowest BCUT2D eigenvalue weighted by molar-refractivity contribution is -0.385. The van der Waals surface area contributed by atoms with E-state index < -0.39 is 10.7 Å². The molecule has 0 radical (unpaired) electrons. The zero-order valence-corrected chi connectivity index (χ0v) is 9.42. The molecule has 1 heterocycles. The van der Waals surface area contributed by atoms with E-state index in [1.165, 1.54) is 25.1 Å². The van der Waals surface area contributed by atoms with E-state index in [0.717, 1.165) is 0 Å². The molecule has 6 nitrogen and oxygen atoms in total. The SMILES string of the molecule is Cc1nc(N)nc(-c2ccccc2F)c1[N+](=O)[O-]. The van der Waals surface area contributed by atoms with Crippen molar-refractivity contribution in [2.24, 2.45) is 0 Å². The Labute approximate surface area is 101 Å². The third-order valence-corrected chi connectivity index (χ3v) is 2.39. The van der Waals surface area contributed by atoms with Crippen LogP contribution in [0.4, 0.5) is 16.0 Å². The van der Waals surface area contributed by atoms with E-state index in [1.54, 1.807) is 6.07 Å². The summed E-state index contributed by atoms with van der Waals surface area (Å²) in [5.41, 5.74) is 5.13. The van der Waals surface area contributed by atoms with Gasteiger partial charge in [-0.15, -0.1) is 0 Å². The Balaban J connectivity index is 2.78. The fourth-order valence-corrected chi connectivity index (χ4v) is 1.65. The molecule has 0 fully saturated rings. The van der Waals surface area contributed by atoms with Crippen LogP contribution in [0.3, 0.4) is 0 Å². The Hall–Kier alpha value is -2.57. The van der Waals surface area contributed by atoms with Crippen LogP contribution in [-0.4, -0.2) is 14.9 Å². The zero-order valence-electron chi connectivity index (χ0n) is 9.42. The average Bonchev–Trinajstić information content (AvgIpc) is 2.27. The van der Waals surface area contributed by atoms with Gasteiger partial charge in [0.25, 0.3) is 0 Å². The van der Waals surface area contributed by atoms with Crippen molar-refractivity contribution in [3.8, 4) is 11.3 Å². The Bertz CT molecular complexity index is 630. The van der Waals surface area contributed by atoms with Gasteiger partial charge in [-0.25, -0.2) is 14.4 Å². The molecule has 2 aromatic rings. The summed E-state index contributed by atoms with van der Waals surface area (Å²) in [7, 11) is 0. The number of nitrogens with two attached hydrogens (primary N) is 1. The number of hydrogen-bond acceptors (Lipinski definition) is 5. The summed E-state index contributed by atoms with van der Waals surface area (Å²) >= 11 is 0. The van der Waals surface area contributed by atoms with Crippen molar-refractivity contribution >= 4 is 11.6 Å². The second-order valence-electron chi connectivity index (χ2n) is 3.60. The van der Waals surface area contributed by atoms with E-state index in [-0.39, 0.29) is 28.6 Å². The van der Waals surface area contributed by atoms with Crippen LogP contribution in [0.15, 0.2) is 24.3 Å². The number of nitro groups is 1. The van der Waals surface area contributed by atoms with E-state index in [9.17, 15) is 14.5 Å². The van der Waals surface area contributed by atoms with Crippen LogP contribution in [0.2, 0.25) is 0 Å². The highest BCUT2D eigenvalue weighted by molar-refractivity contribution is 5.72. The maximum absolute atomic E-state index is 13.7. The first-order valence-corrected chi connectivity index (χ1v) is 5.04. The quantitative estimate of drug-likeness (QED) is 0.648. The van der Waals surface area contributed by atoms with Crippen LogP contribution < -0.4 is 5.73 Å². The number of halogens is 1. The molecule has 0 saturated heterocycles. The van der Waals surface area contributed by atoms with Crippen LogP contribution in [0.1, 0.15) is 5.69 Å². The van der Waals surface area contributed by atoms with Gasteiger partial charge in [0.05, 0.1) is 4.92 Å². The lowest BCUT2D eigenvalue weighted by Crippen LogP contribution is -2.05. The molecule has 1 aromatic carbocycles. The molecule has 2 N–H and O–H groups in total. The van der Waals surface area contributed by atoms with Gasteiger partial charge in [-0.2, -0.15) is 0 Å². The van der Waals surface area contributed by atoms with Gasteiger partial charge in [-0.05, 0) is 19.1 Å². The molecule has 7 heteroatoms. The molecular weight excluding hydrogens is 239 g/mol. The number of hydrogen-bond donors (Lipinski definition) is 1. The van der Waals surface area contributed by atoms with E-state index >= 15 is 0 Å². The number of anilines is 1. The van der Waals surface area contributed by atoms with Crippen LogP contribution in [0.25, 0.3) is 11.3 Å². The number of aromatic nitrogens is 2. The van der Waals surface area contributed by atoms with E-state index in [1.807, 2.05) is 0 Å². The highest BCUT2D eigenvalue weighted by Gasteiger charge is 2.24. The molecular formula is C11H9FN4O2. The van der Waals surface area contributed by atoms with E-state index in [0.29, 0.717) is 0 Å². The van der Waals surface area contributed by atoms with Gasteiger partial charge in [0.15, 0.2) is 5.69 Å². The van der Waals surface area contributed by atoms with Crippen molar-refractivity contribution in [1.29, 1.82) is 0 Å². The smallest absolute Gasteiger partial charge is 0.316 e. The number of nitrogen functional groups attached to an aromatic ring is 1. The Morgan fingerprint density at radius 1 is 1.33 bits per heavy atom. The summed E-state index contributed by atoms with van der Waals surface area (Å²) in [6.45, 7) is 1.43. The van der Waals surface area contributed by atoms with Gasteiger partial charge in [-0.1, -0.05) is 12.1 Å². The van der Waals surface area contributed by atoms with Gasteiger partial charge >= 0.3 is 5.69 Å². The topological polar surface area (TPSA) is 94.9 Å². The highest BCUT2D eigenvalue weighted by Crippen LogP contribution is 2.31. The molecule has 0 aliphatic heterocycles. The van der Waals surface area contributed by atoms with Crippen molar-refractivity contribution < 1.29 is 9.31 Å². The van der Waals surface area contributed by atoms with Crippen molar-refractivity contribution in [2.45, 2.75) is 6.92 Å². The lowest BCUT2D eigenvalue weighted by atomic mass is 10.1. The number of aryl methyl sites for hydroxylation is 1. The fourth-order valence-electron chi connectivity index (χ4n) is 1.65. The zero-order chi connectivity index (χ0) is 13.3. The van der Waals surface area contributed by atoms with Crippen molar-refractivity contribution in [2.75, 3.05) is 5.73 Å². The van der Waals surface area contributed by atoms with Crippen LogP contribution in [-0.2, 0) is 0 Å². The van der Waals surface area contributed by atoms with Gasteiger partial charge in [-0.3, -0.25) is 10.1 Å². The number of benzene rings is 1. The van der Waals surface area contributed by atoms with Crippen molar-refractivity contribution in [1.82, 2.24) is 9.97 Å². The minimum absolute atomic E-state index is 0.0291. The number of rotatable bonds is 2. The standard InChI is InChI=1S/C11H9FN4O2/c1-6-10(16(17)18)9(15-11(13)14-6)7-4-2-3-5-8(7)12/h2-5H,1H3,(H2,13,14,15). The molecule has 0 atom stereocenters. The van der Waals surface area contributed by atoms with Gasteiger partial charge in [0, 0.05) is 5.56 Å². The summed E-state index contributed by atoms with van der Waals surface area (Å²) in [5, 5.41) is 11.0. The highest BCUT2D eigenvalue weighted by atomic mass is 19.1. The van der Waals surface area contributed by atoms with Crippen LogP contribution in [0, 0.1) is 22.9 Å². The van der Waals surface area contributed by atoms with E-state index in [2.05, 4.69) is 9.97 Å². The average molecular weight is 248 g/mol. The maximum atomic E-state index is 13.7. The lowest BCUT2D eigenvalue weighted by Gasteiger charge is -2.06. The Kier molecular flexibility index (Phi) is 2.88. The predicted molar refractivity (Wildman–Crippen MR) is 63.2 cm³/mol. The number of nitrogens with zero attached hydrogens (tertiary/aromatic N) is 3. The minimum Gasteiger partial charge on any atom is -0.368 e. The second kappa shape index (κ2) is 4.36. The predicted octanol–water partition coefficient (Wildman–Crippen LogP) is 2.08. The Morgan fingerprint density at radius 3 is 2.61 bits per heavy atom. The molecule has 0 spiro atoms. The van der Waals surface area contributed by atoms with Crippen LogP contribution >= 0.6 is 0 Å². The minimum atomic E-state index is -0.642. The molecule has 1 aromatic heterocycles. The molecule has 92 valence electrons. The first-order valence-electron chi connectivity index (χ1n) is 5.04. The molecule has 2 rings (SSSR count). The van der Waals surface area contributed by atoms with E-state index in [4.69, 9.17) is 5.73 Å². The van der Waals surface area contributed by atoms with Gasteiger partial charge in [0.1, 0.15) is 11.5 Å². The Morgan fingerprint density at radius 2 is 2.00 bits per heavy atom. The summed E-state index contributed by atoms with van der Waals surface area (Å²) in [4.78, 5) is 17.8. The molecule has 0 unspecified atom stereocenters. The second-order valence-corrected chi connectivity index (χ2v) is 3.60. The largest absolute Gasteiger partial charge is 0.368 e. The first kappa shape index (κ1) is 11.9. The molecule has 18 heavy (non-hydrogen) atoms.